The molecule has 1 aliphatic heterocycles. The highest BCUT2D eigenvalue weighted by Gasteiger charge is 2.30. The number of thiocarbonyl (C=S) groups is 1. The van der Waals surface area contributed by atoms with Gasteiger partial charge < -0.3 is 15.0 Å². The Morgan fingerprint density at radius 3 is 2.36 bits per heavy atom. The van der Waals surface area contributed by atoms with E-state index in [1.807, 2.05) is 30.9 Å². The van der Waals surface area contributed by atoms with Gasteiger partial charge in [0.15, 0.2) is 5.11 Å². The molecule has 0 bridgehead atoms. The molecule has 3 rings (SSSR count). The Hall–Kier alpha value is -2.01. The number of methoxy groups -OCH3 is 1. The topological polar surface area (TPSA) is 79.0 Å². The van der Waals surface area contributed by atoms with E-state index in [0.717, 1.165) is 35.3 Å². The number of aryl methyl sites for hydroxylation is 2. The van der Waals surface area contributed by atoms with Gasteiger partial charge in [0.05, 0.1) is 17.6 Å². The van der Waals surface area contributed by atoms with Crippen LogP contribution in [-0.2, 0) is 21.2 Å². The van der Waals surface area contributed by atoms with Crippen LogP contribution in [0.4, 0.5) is 5.00 Å². The predicted molar refractivity (Wildman–Crippen MR) is 137 cm³/mol. The maximum Gasteiger partial charge on any atom is 0.341 e. The van der Waals surface area contributed by atoms with E-state index in [4.69, 9.17) is 17.0 Å². The van der Waals surface area contributed by atoms with Gasteiger partial charge in [-0.2, -0.15) is 4.31 Å². The van der Waals surface area contributed by atoms with E-state index in [1.54, 1.807) is 12.1 Å². The van der Waals surface area contributed by atoms with Crippen molar-refractivity contribution in [2.24, 2.45) is 0 Å². The third kappa shape index (κ3) is 5.74. The Labute approximate surface area is 205 Å². The van der Waals surface area contributed by atoms with Gasteiger partial charge in [0, 0.05) is 31.1 Å². The standard InChI is InChI=1S/C23H31N3O4S3/c1-5-6-7-18-8-10-19(11-9-18)33(28,29)26-14-12-25(13-15-26)23(31)24-21-20(22(27)30-4)16(2)17(3)32-21/h8-11H,5-7,12-15H2,1-4H3,(H,24,31). The number of ether oxygens (including phenoxy) is 1. The molecule has 2 heterocycles. The van der Waals surface area contributed by atoms with Crippen LogP contribution in [0.5, 0.6) is 0 Å². The molecule has 0 saturated carbocycles. The summed E-state index contributed by atoms with van der Waals surface area (Å²) in [6, 6.07) is 7.22. The Bertz CT molecular complexity index is 1100. The summed E-state index contributed by atoms with van der Waals surface area (Å²) in [7, 11) is -2.19. The fraction of sp³-hybridized carbons (Fsp3) is 0.478. The average molecular weight is 510 g/mol. The first-order chi connectivity index (χ1) is 15.7. The van der Waals surface area contributed by atoms with Gasteiger partial charge in [0.25, 0.3) is 0 Å². The number of rotatable bonds is 7. The quantitative estimate of drug-likeness (QED) is 0.443. The number of nitrogens with one attached hydrogen (secondary N) is 1. The largest absolute Gasteiger partial charge is 0.465 e. The molecule has 0 aliphatic carbocycles. The normalized spacial score (nSPS) is 14.8. The zero-order valence-electron chi connectivity index (χ0n) is 19.5. The lowest BCUT2D eigenvalue weighted by Crippen LogP contribution is -2.51. The summed E-state index contributed by atoms with van der Waals surface area (Å²) in [4.78, 5) is 15.5. The van der Waals surface area contributed by atoms with Gasteiger partial charge in [-0.25, -0.2) is 13.2 Å². The van der Waals surface area contributed by atoms with Crippen LogP contribution in [0.15, 0.2) is 29.2 Å². The Kier molecular flexibility index (Phi) is 8.49. The van der Waals surface area contributed by atoms with Crippen LogP contribution >= 0.6 is 23.6 Å². The molecule has 180 valence electrons. The van der Waals surface area contributed by atoms with E-state index in [-0.39, 0.29) is 0 Å². The van der Waals surface area contributed by atoms with Crippen LogP contribution in [0.3, 0.4) is 0 Å². The minimum absolute atomic E-state index is 0.323. The average Bonchev–Trinajstić information content (AvgIpc) is 3.10. The summed E-state index contributed by atoms with van der Waals surface area (Å²) in [6.07, 6.45) is 3.16. The number of benzene rings is 1. The van der Waals surface area contributed by atoms with E-state index in [9.17, 15) is 13.2 Å². The number of piperazine rings is 1. The van der Waals surface area contributed by atoms with Crippen molar-refractivity contribution in [3.8, 4) is 0 Å². The van der Waals surface area contributed by atoms with Crippen molar-refractivity contribution >= 4 is 49.7 Å². The van der Waals surface area contributed by atoms with Gasteiger partial charge in [0.1, 0.15) is 5.00 Å². The van der Waals surface area contributed by atoms with Gasteiger partial charge in [-0.15, -0.1) is 11.3 Å². The van der Waals surface area contributed by atoms with Crippen molar-refractivity contribution in [2.45, 2.75) is 44.9 Å². The lowest BCUT2D eigenvalue weighted by molar-refractivity contribution is 0.0601. The fourth-order valence-corrected chi connectivity index (χ4v) is 6.55. The minimum Gasteiger partial charge on any atom is -0.465 e. The third-order valence-corrected chi connectivity index (χ3v) is 9.30. The second-order valence-corrected chi connectivity index (χ2v) is 11.6. The molecule has 1 N–H and O–H groups in total. The van der Waals surface area contributed by atoms with Crippen molar-refractivity contribution < 1.29 is 17.9 Å². The molecule has 10 heteroatoms. The number of carbonyl (C=O) groups excluding carboxylic acids is 1. The van der Waals surface area contributed by atoms with Crippen LogP contribution in [0.2, 0.25) is 0 Å². The number of nitrogens with zero attached hydrogens (tertiary/aromatic N) is 2. The first kappa shape index (κ1) is 25.6. The van der Waals surface area contributed by atoms with Gasteiger partial charge in [-0.3, -0.25) is 0 Å². The summed E-state index contributed by atoms with van der Waals surface area (Å²) in [6.45, 7) is 7.59. The molecule has 1 aromatic carbocycles. The van der Waals surface area contributed by atoms with Crippen molar-refractivity contribution in [1.29, 1.82) is 0 Å². The number of anilines is 1. The van der Waals surface area contributed by atoms with E-state index in [1.165, 1.54) is 22.8 Å². The molecule has 1 aromatic heterocycles. The molecule has 1 saturated heterocycles. The maximum absolute atomic E-state index is 13.1. The van der Waals surface area contributed by atoms with Crippen LogP contribution in [0, 0.1) is 13.8 Å². The number of carbonyl (C=O) groups is 1. The van der Waals surface area contributed by atoms with E-state index in [2.05, 4.69) is 12.2 Å². The number of thiophene rings is 1. The smallest absolute Gasteiger partial charge is 0.341 e. The summed E-state index contributed by atoms with van der Waals surface area (Å²) >= 11 is 7.02. The Balaban J connectivity index is 1.63. The maximum atomic E-state index is 13.1. The van der Waals surface area contributed by atoms with Crippen molar-refractivity contribution in [1.82, 2.24) is 9.21 Å². The zero-order chi connectivity index (χ0) is 24.2. The molecule has 0 unspecified atom stereocenters. The molecule has 2 aromatic rings. The lowest BCUT2D eigenvalue weighted by Gasteiger charge is -2.35. The van der Waals surface area contributed by atoms with Gasteiger partial charge in [-0.1, -0.05) is 25.5 Å². The molecule has 0 atom stereocenters. The molecule has 1 aliphatic rings. The second-order valence-electron chi connectivity index (χ2n) is 8.05. The van der Waals surface area contributed by atoms with E-state index >= 15 is 0 Å². The highest BCUT2D eigenvalue weighted by atomic mass is 32.2. The zero-order valence-corrected chi connectivity index (χ0v) is 22.0. The highest BCUT2D eigenvalue weighted by molar-refractivity contribution is 7.89. The van der Waals surface area contributed by atoms with Crippen LogP contribution in [0.25, 0.3) is 0 Å². The van der Waals surface area contributed by atoms with Gasteiger partial charge in [0.2, 0.25) is 10.0 Å². The summed E-state index contributed by atoms with van der Waals surface area (Å²) in [5.41, 5.74) is 2.52. The molecule has 0 amide bonds. The van der Waals surface area contributed by atoms with Gasteiger partial charge >= 0.3 is 5.97 Å². The highest BCUT2D eigenvalue weighted by Crippen LogP contribution is 2.33. The Morgan fingerprint density at radius 1 is 1.15 bits per heavy atom. The SMILES string of the molecule is CCCCc1ccc(S(=O)(=O)N2CCN(C(=S)Nc3sc(C)c(C)c3C(=O)OC)CC2)cc1. The number of unbranched alkanes of at least 4 members (excludes halogenated alkanes) is 1. The Morgan fingerprint density at radius 2 is 1.79 bits per heavy atom. The van der Waals surface area contributed by atoms with Crippen molar-refractivity contribution in [3.05, 3.63) is 45.8 Å². The molecular formula is C23H31N3O4S3. The first-order valence-corrected chi connectivity index (χ1v) is 13.7. The number of hydrogen-bond donors (Lipinski definition) is 1. The number of hydrogen-bond acceptors (Lipinski definition) is 6. The second kappa shape index (κ2) is 10.9. The van der Waals surface area contributed by atoms with Gasteiger partial charge in [-0.05, 0) is 62.2 Å². The van der Waals surface area contributed by atoms with E-state index in [0.29, 0.717) is 46.8 Å². The molecule has 1 fully saturated rings. The van der Waals surface area contributed by atoms with Crippen LogP contribution in [-0.4, -0.2) is 62.0 Å². The molecule has 7 nitrogen and oxygen atoms in total. The fourth-order valence-electron chi connectivity index (χ4n) is 3.73. The monoisotopic (exact) mass is 509 g/mol. The first-order valence-electron chi connectivity index (χ1n) is 11.0. The molecule has 33 heavy (non-hydrogen) atoms. The summed E-state index contributed by atoms with van der Waals surface area (Å²) < 4.78 is 32.6. The molecule has 0 spiro atoms. The molecular weight excluding hydrogens is 478 g/mol. The van der Waals surface area contributed by atoms with Crippen molar-refractivity contribution in [2.75, 3.05) is 38.6 Å². The van der Waals surface area contributed by atoms with Crippen molar-refractivity contribution in [3.63, 3.8) is 0 Å². The lowest BCUT2D eigenvalue weighted by atomic mass is 10.1. The minimum atomic E-state index is -3.55. The molecule has 0 radical (unpaired) electrons. The summed E-state index contributed by atoms with van der Waals surface area (Å²) in [5.74, 6) is -0.404. The van der Waals surface area contributed by atoms with Crippen LogP contribution in [0.1, 0.15) is 46.1 Å². The number of sulfonamides is 1. The summed E-state index contributed by atoms with van der Waals surface area (Å²) in [5, 5.41) is 4.30. The third-order valence-electron chi connectivity index (χ3n) is 5.90. The van der Waals surface area contributed by atoms with E-state index < -0.39 is 16.0 Å². The number of esters is 1. The van der Waals surface area contributed by atoms with Crippen LogP contribution < -0.4 is 5.32 Å². The predicted octanol–water partition coefficient (Wildman–Crippen LogP) is 4.20.